The lowest BCUT2D eigenvalue weighted by atomic mass is 10.1. The van der Waals surface area contributed by atoms with Gasteiger partial charge in [0.1, 0.15) is 11.6 Å². The Labute approximate surface area is 173 Å². The van der Waals surface area contributed by atoms with Gasteiger partial charge in [-0.1, -0.05) is 30.7 Å². The molecule has 0 fully saturated rings. The standard InChI is InChI=1S/C21H23ClN4O3/c1-2-12-26-21(28)25-13-11-14(7-10-19(25)24-26)23-20(27)18-9-8-17(29-18)15-5-3-4-6-16(15)22/h3-6,8-9,14H,2,7,10-13H2,1H3,(H,23,27). The molecule has 0 radical (unpaired) electrons. The topological polar surface area (TPSA) is 82.1 Å². The van der Waals surface area contributed by atoms with E-state index < -0.39 is 0 Å². The minimum Gasteiger partial charge on any atom is -0.451 e. The summed E-state index contributed by atoms with van der Waals surface area (Å²) in [5.41, 5.74) is 0.681. The van der Waals surface area contributed by atoms with Gasteiger partial charge in [0, 0.05) is 31.1 Å². The molecule has 0 spiro atoms. The quantitative estimate of drug-likeness (QED) is 0.692. The lowest BCUT2D eigenvalue weighted by Gasteiger charge is -2.15. The first-order valence-corrected chi connectivity index (χ1v) is 10.3. The third kappa shape index (κ3) is 4.00. The van der Waals surface area contributed by atoms with Gasteiger partial charge in [-0.3, -0.25) is 9.36 Å². The molecule has 152 valence electrons. The van der Waals surface area contributed by atoms with E-state index in [4.69, 9.17) is 16.0 Å². The summed E-state index contributed by atoms with van der Waals surface area (Å²) in [6, 6.07) is 10.7. The number of fused-ring (bicyclic) bond motifs is 1. The Bertz CT molecular complexity index is 1080. The maximum atomic E-state index is 12.6. The molecular weight excluding hydrogens is 392 g/mol. The molecule has 0 saturated heterocycles. The zero-order chi connectivity index (χ0) is 20.4. The highest BCUT2D eigenvalue weighted by molar-refractivity contribution is 6.33. The molecule has 3 heterocycles. The van der Waals surface area contributed by atoms with Crippen molar-refractivity contribution in [2.75, 3.05) is 0 Å². The predicted molar refractivity (Wildman–Crippen MR) is 110 cm³/mol. The van der Waals surface area contributed by atoms with Crippen LogP contribution in [0.15, 0.2) is 45.6 Å². The fourth-order valence-corrected chi connectivity index (χ4v) is 3.88. The predicted octanol–water partition coefficient (Wildman–Crippen LogP) is 3.50. The second-order valence-corrected chi connectivity index (χ2v) is 7.62. The van der Waals surface area contributed by atoms with Crippen molar-refractivity contribution in [1.82, 2.24) is 19.7 Å². The Morgan fingerprint density at radius 2 is 2.10 bits per heavy atom. The van der Waals surface area contributed by atoms with E-state index in [1.54, 1.807) is 22.8 Å². The van der Waals surface area contributed by atoms with E-state index in [1.165, 1.54) is 4.68 Å². The maximum absolute atomic E-state index is 12.6. The summed E-state index contributed by atoms with van der Waals surface area (Å²) >= 11 is 6.20. The van der Waals surface area contributed by atoms with Crippen molar-refractivity contribution in [2.24, 2.45) is 0 Å². The fourth-order valence-electron chi connectivity index (χ4n) is 3.65. The van der Waals surface area contributed by atoms with E-state index in [0.717, 1.165) is 24.2 Å². The second kappa shape index (κ2) is 8.29. The number of carbonyl (C=O) groups excluding carboxylic acids is 1. The Hall–Kier alpha value is -2.80. The van der Waals surface area contributed by atoms with Gasteiger partial charge in [-0.2, -0.15) is 5.10 Å². The minimum atomic E-state index is -0.267. The van der Waals surface area contributed by atoms with Crippen LogP contribution in [0.3, 0.4) is 0 Å². The van der Waals surface area contributed by atoms with Crippen LogP contribution >= 0.6 is 11.6 Å². The van der Waals surface area contributed by atoms with Crippen molar-refractivity contribution >= 4 is 17.5 Å². The van der Waals surface area contributed by atoms with Gasteiger partial charge in [0.25, 0.3) is 5.91 Å². The number of halogens is 1. The number of rotatable bonds is 5. The first kappa shape index (κ1) is 19.5. The average molecular weight is 415 g/mol. The molecule has 1 unspecified atom stereocenters. The molecule has 2 aromatic heterocycles. The van der Waals surface area contributed by atoms with Crippen molar-refractivity contribution < 1.29 is 9.21 Å². The zero-order valence-electron chi connectivity index (χ0n) is 16.2. The number of amides is 1. The molecule has 0 bridgehead atoms. The highest BCUT2D eigenvalue weighted by Gasteiger charge is 2.23. The summed E-state index contributed by atoms with van der Waals surface area (Å²) in [4.78, 5) is 25.1. The van der Waals surface area contributed by atoms with Gasteiger partial charge < -0.3 is 9.73 Å². The number of benzene rings is 1. The number of carbonyl (C=O) groups is 1. The van der Waals surface area contributed by atoms with E-state index in [0.29, 0.717) is 36.7 Å². The number of hydrogen-bond acceptors (Lipinski definition) is 4. The Morgan fingerprint density at radius 3 is 2.90 bits per heavy atom. The molecule has 4 rings (SSSR count). The van der Waals surface area contributed by atoms with Crippen molar-refractivity contribution in [3.8, 4) is 11.3 Å². The number of aryl methyl sites for hydroxylation is 2. The average Bonchev–Trinajstić information content (AvgIpc) is 3.25. The monoisotopic (exact) mass is 414 g/mol. The largest absolute Gasteiger partial charge is 0.451 e. The van der Waals surface area contributed by atoms with Crippen molar-refractivity contribution in [1.29, 1.82) is 0 Å². The van der Waals surface area contributed by atoms with Crippen LogP contribution in [-0.2, 0) is 19.5 Å². The first-order valence-electron chi connectivity index (χ1n) is 9.89. The number of nitrogens with one attached hydrogen (secondary N) is 1. The lowest BCUT2D eigenvalue weighted by molar-refractivity contribution is 0.0905. The molecule has 1 aliphatic heterocycles. The van der Waals surface area contributed by atoms with Crippen LogP contribution in [0, 0.1) is 0 Å². The van der Waals surface area contributed by atoms with E-state index in [2.05, 4.69) is 10.4 Å². The van der Waals surface area contributed by atoms with E-state index in [1.807, 2.05) is 25.1 Å². The Morgan fingerprint density at radius 1 is 1.28 bits per heavy atom. The fraction of sp³-hybridized carbons (Fsp3) is 0.381. The second-order valence-electron chi connectivity index (χ2n) is 7.22. The van der Waals surface area contributed by atoms with Crippen LogP contribution in [0.5, 0.6) is 0 Å². The third-order valence-corrected chi connectivity index (χ3v) is 5.49. The molecule has 1 amide bonds. The van der Waals surface area contributed by atoms with Crippen LogP contribution in [0.1, 0.15) is 42.6 Å². The van der Waals surface area contributed by atoms with Crippen LogP contribution in [0.4, 0.5) is 0 Å². The van der Waals surface area contributed by atoms with Gasteiger partial charge in [0.15, 0.2) is 5.76 Å². The van der Waals surface area contributed by atoms with Crippen LogP contribution < -0.4 is 11.0 Å². The van der Waals surface area contributed by atoms with Gasteiger partial charge in [-0.15, -0.1) is 0 Å². The van der Waals surface area contributed by atoms with Crippen LogP contribution in [0.2, 0.25) is 5.02 Å². The highest BCUT2D eigenvalue weighted by atomic mass is 35.5. The van der Waals surface area contributed by atoms with Gasteiger partial charge in [-0.25, -0.2) is 9.48 Å². The summed E-state index contributed by atoms with van der Waals surface area (Å²) in [6.07, 6.45) is 2.93. The number of aromatic nitrogens is 3. The maximum Gasteiger partial charge on any atom is 0.345 e. The lowest BCUT2D eigenvalue weighted by Crippen LogP contribution is -2.35. The SMILES string of the molecule is CCCn1nc2n(c1=O)CCC(NC(=O)c1ccc(-c3ccccc3Cl)o1)CC2. The van der Waals surface area contributed by atoms with Crippen molar-refractivity contribution in [3.63, 3.8) is 0 Å². The molecular formula is C21H23ClN4O3. The molecule has 1 aromatic carbocycles. The molecule has 1 N–H and O–H groups in total. The van der Waals surface area contributed by atoms with E-state index in [9.17, 15) is 9.59 Å². The minimum absolute atomic E-state index is 0.0444. The summed E-state index contributed by atoms with van der Waals surface area (Å²) in [7, 11) is 0. The Balaban J connectivity index is 1.42. The number of furan rings is 1. The summed E-state index contributed by atoms with van der Waals surface area (Å²) < 4.78 is 8.99. The Kier molecular flexibility index (Phi) is 5.58. The molecule has 0 aliphatic carbocycles. The van der Waals surface area contributed by atoms with Crippen LogP contribution in [-0.4, -0.2) is 26.3 Å². The van der Waals surface area contributed by atoms with Gasteiger partial charge in [-0.05, 0) is 43.5 Å². The van der Waals surface area contributed by atoms with Gasteiger partial charge >= 0.3 is 5.69 Å². The van der Waals surface area contributed by atoms with E-state index in [-0.39, 0.29) is 23.4 Å². The molecule has 1 aliphatic rings. The molecule has 8 heteroatoms. The van der Waals surface area contributed by atoms with E-state index >= 15 is 0 Å². The molecule has 29 heavy (non-hydrogen) atoms. The van der Waals surface area contributed by atoms with Crippen LogP contribution in [0.25, 0.3) is 11.3 Å². The zero-order valence-corrected chi connectivity index (χ0v) is 17.0. The molecule has 7 nitrogen and oxygen atoms in total. The molecule has 1 atom stereocenters. The first-order chi connectivity index (χ1) is 14.1. The smallest absolute Gasteiger partial charge is 0.345 e. The van der Waals surface area contributed by atoms with Gasteiger partial charge in [0.05, 0.1) is 5.02 Å². The summed E-state index contributed by atoms with van der Waals surface area (Å²) in [5, 5.41) is 8.03. The third-order valence-electron chi connectivity index (χ3n) is 5.16. The molecule has 3 aromatic rings. The van der Waals surface area contributed by atoms with Gasteiger partial charge in [0.2, 0.25) is 0 Å². The van der Waals surface area contributed by atoms with Crippen molar-refractivity contribution in [2.45, 2.75) is 51.7 Å². The number of nitrogens with zero attached hydrogens (tertiary/aromatic N) is 3. The normalized spacial score (nSPS) is 16.3. The summed E-state index contributed by atoms with van der Waals surface area (Å²) in [5.74, 6) is 1.32. The summed E-state index contributed by atoms with van der Waals surface area (Å²) in [6.45, 7) is 3.20. The molecule has 0 saturated carbocycles. The number of hydrogen-bond donors (Lipinski definition) is 1. The highest BCUT2D eigenvalue weighted by Crippen LogP contribution is 2.29. The van der Waals surface area contributed by atoms with Crippen molar-refractivity contribution in [3.05, 3.63) is 63.5 Å².